The Morgan fingerprint density at radius 2 is 2.22 bits per heavy atom. The zero-order valence-electron chi connectivity index (χ0n) is 9.71. The third-order valence-corrected chi connectivity index (χ3v) is 4.13. The number of rotatable bonds is 5. The molecule has 5 nitrogen and oxygen atoms in total. The second-order valence-electron chi connectivity index (χ2n) is 3.57. The average molecular weight is 280 g/mol. The van der Waals surface area contributed by atoms with Crippen LogP contribution in [0.25, 0.3) is 0 Å². The molecule has 3 N–H and O–H groups in total. The highest BCUT2D eigenvalue weighted by molar-refractivity contribution is 8.01. The van der Waals surface area contributed by atoms with Gasteiger partial charge >= 0.3 is 0 Å². The number of nitrogens with two attached hydrogens (primary N) is 1. The molecule has 7 heteroatoms. The maximum atomic E-state index is 10.7. The lowest BCUT2D eigenvalue weighted by Crippen LogP contribution is -2.12. The van der Waals surface area contributed by atoms with Gasteiger partial charge in [-0.15, -0.1) is 10.2 Å². The first-order valence-corrected chi connectivity index (χ1v) is 7.02. The molecule has 0 atom stereocenters. The number of nitrogens with zero attached hydrogens (tertiary/aromatic N) is 2. The van der Waals surface area contributed by atoms with E-state index in [1.165, 1.54) is 23.1 Å². The summed E-state index contributed by atoms with van der Waals surface area (Å²) < 4.78 is 0.727. The molecule has 2 rings (SSSR count). The van der Waals surface area contributed by atoms with Crippen molar-refractivity contribution < 1.29 is 4.79 Å². The molecule has 0 aliphatic heterocycles. The summed E-state index contributed by atoms with van der Waals surface area (Å²) in [6.07, 6.45) is 0. The van der Waals surface area contributed by atoms with Crippen LogP contribution in [0.5, 0.6) is 0 Å². The van der Waals surface area contributed by atoms with Gasteiger partial charge in [-0.2, -0.15) is 0 Å². The number of primary amides is 1. The van der Waals surface area contributed by atoms with Crippen molar-refractivity contribution in [3.63, 3.8) is 0 Å². The highest BCUT2D eigenvalue weighted by Crippen LogP contribution is 2.28. The monoisotopic (exact) mass is 280 g/mol. The number of thioether (sulfide) groups is 1. The van der Waals surface area contributed by atoms with Crippen LogP contribution in [0.15, 0.2) is 28.6 Å². The van der Waals surface area contributed by atoms with E-state index in [4.69, 9.17) is 5.73 Å². The molecule has 0 aliphatic carbocycles. The lowest BCUT2D eigenvalue weighted by Gasteiger charge is -2.04. The molecule has 1 aromatic carbocycles. The summed E-state index contributed by atoms with van der Waals surface area (Å²) in [5.74, 6) is -0.137. The summed E-state index contributed by atoms with van der Waals surface area (Å²) in [6, 6.07) is 7.94. The molecular formula is C11H12N4OS2. The minimum absolute atomic E-state index is 0.221. The van der Waals surface area contributed by atoms with Gasteiger partial charge in [-0.25, -0.2) is 0 Å². The molecule has 0 aliphatic rings. The van der Waals surface area contributed by atoms with E-state index in [0.29, 0.717) is 5.13 Å². The van der Waals surface area contributed by atoms with Crippen molar-refractivity contribution in [1.29, 1.82) is 0 Å². The van der Waals surface area contributed by atoms with Gasteiger partial charge in [-0.3, -0.25) is 4.79 Å². The number of carbonyl (C=O) groups is 1. The van der Waals surface area contributed by atoms with Crippen molar-refractivity contribution in [2.75, 3.05) is 11.1 Å². The van der Waals surface area contributed by atoms with Crippen LogP contribution in [0.3, 0.4) is 0 Å². The number of benzene rings is 1. The quantitative estimate of drug-likeness (QED) is 0.820. The third kappa shape index (κ3) is 3.44. The Morgan fingerprint density at radius 1 is 1.44 bits per heavy atom. The van der Waals surface area contributed by atoms with Gasteiger partial charge in [-0.05, 0) is 18.6 Å². The molecule has 1 amide bonds. The second kappa shape index (κ2) is 5.83. The SMILES string of the molecule is Cc1ccccc1Nc1nnc(SCC(N)=O)s1. The minimum Gasteiger partial charge on any atom is -0.369 e. The van der Waals surface area contributed by atoms with Crippen molar-refractivity contribution in [1.82, 2.24) is 10.2 Å². The zero-order chi connectivity index (χ0) is 13.0. The van der Waals surface area contributed by atoms with Crippen molar-refractivity contribution in [2.45, 2.75) is 11.3 Å². The van der Waals surface area contributed by atoms with Crippen LogP contribution in [0.4, 0.5) is 10.8 Å². The number of aromatic nitrogens is 2. The Morgan fingerprint density at radius 3 is 2.94 bits per heavy atom. The Hall–Kier alpha value is -1.60. The van der Waals surface area contributed by atoms with Gasteiger partial charge in [0.05, 0.1) is 5.75 Å². The van der Waals surface area contributed by atoms with Gasteiger partial charge in [0.25, 0.3) is 0 Å². The van der Waals surface area contributed by atoms with Gasteiger partial charge in [0.2, 0.25) is 11.0 Å². The van der Waals surface area contributed by atoms with Crippen LogP contribution in [-0.2, 0) is 4.79 Å². The minimum atomic E-state index is -0.358. The van der Waals surface area contributed by atoms with E-state index >= 15 is 0 Å². The molecule has 0 unspecified atom stereocenters. The molecule has 18 heavy (non-hydrogen) atoms. The summed E-state index contributed by atoms with van der Waals surface area (Å²) in [5, 5.41) is 11.9. The van der Waals surface area contributed by atoms with E-state index in [-0.39, 0.29) is 11.7 Å². The predicted octanol–water partition coefficient (Wildman–Crippen LogP) is 2.17. The molecular weight excluding hydrogens is 268 g/mol. The molecule has 94 valence electrons. The van der Waals surface area contributed by atoms with Gasteiger partial charge in [-0.1, -0.05) is 41.3 Å². The third-order valence-electron chi connectivity index (χ3n) is 2.13. The molecule has 0 spiro atoms. The highest BCUT2D eigenvalue weighted by atomic mass is 32.2. The summed E-state index contributed by atoms with van der Waals surface area (Å²) in [4.78, 5) is 10.7. The first-order valence-electron chi connectivity index (χ1n) is 5.22. The molecule has 2 aromatic rings. The number of carbonyl (C=O) groups excluding carboxylic acids is 1. The normalized spacial score (nSPS) is 10.3. The summed E-state index contributed by atoms with van der Waals surface area (Å²) >= 11 is 2.69. The summed E-state index contributed by atoms with van der Waals surface area (Å²) in [6.45, 7) is 2.02. The van der Waals surface area contributed by atoms with Crippen molar-refractivity contribution >= 4 is 39.8 Å². The number of hydrogen-bond donors (Lipinski definition) is 2. The van der Waals surface area contributed by atoms with E-state index < -0.39 is 0 Å². The van der Waals surface area contributed by atoms with Gasteiger partial charge in [0.15, 0.2) is 4.34 Å². The van der Waals surface area contributed by atoms with Crippen molar-refractivity contribution in [2.24, 2.45) is 5.73 Å². The van der Waals surface area contributed by atoms with E-state index in [2.05, 4.69) is 15.5 Å². The molecule has 0 bridgehead atoms. The Bertz CT molecular complexity index is 555. The van der Waals surface area contributed by atoms with Crippen LogP contribution in [0.1, 0.15) is 5.56 Å². The summed E-state index contributed by atoms with van der Waals surface area (Å²) in [5.41, 5.74) is 7.21. The van der Waals surface area contributed by atoms with E-state index in [1.807, 2.05) is 31.2 Å². The largest absolute Gasteiger partial charge is 0.369 e. The topological polar surface area (TPSA) is 80.9 Å². The van der Waals surface area contributed by atoms with Crippen LogP contribution in [0.2, 0.25) is 0 Å². The Balaban J connectivity index is 2.02. The number of para-hydroxylation sites is 1. The van der Waals surface area contributed by atoms with Crippen molar-refractivity contribution in [3.05, 3.63) is 29.8 Å². The number of aryl methyl sites for hydroxylation is 1. The standard InChI is InChI=1S/C11H12N4OS2/c1-7-4-2-3-5-8(7)13-10-14-15-11(18-10)17-6-9(12)16/h2-5H,6H2,1H3,(H2,12,16)(H,13,14). The number of nitrogens with one attached hydrogen (secondary N) is 1. The number of anilines is 2. The van der Waals surface area contributed by atoms with Crippen LogP contribution in [0, 0.1) is 6.92 Å². The van der Waals surface area contributed by atoms with Crippen molar-refractivity contribution in [3.8, 4) is 0 Å². The fourth-order valence-corrected chi connectivity index (χ4v) is 2.78. The van der Waals surface area contributed by atoms with Gasteiger partial charge in [0, 0.05) is 5.69 Å². The first-order chi connectivity index (χ1) is 8.65. The molecule has 0 radical (unpaired) electrons. The van der Waals surface area contributed by atoms with E-state index in [1.54, 1.807) is 0 Å². The Kier molecular flexibility index (Phi) is 4.16. The highest BCUT2D eigenvalue weighted by Gasteiger charge is 2.07. The lowest BCUT2D eigenvalue weighted by atomic mass is 10.2. The van der Waals surface area contributed by atoms with E-state index in [9.17, 15) is 4.79 Å². The molecule has 0 saturated heterocycles. The van der Waals surface area contributed by atoms with Crippen LogP contribution in [-0.4, -0.2) is 21.9 Å². The smallest absolute Gasteiger partial charge is 0.227 e. The molecule has 1 heterocycles. The predicted molar refractivity (Wildman–Crippen MR) is 74.3 cm³/mol. The molecule has 0 fully saturated rings. The maximum absolute atomic E-state index is 10.7. The Labute approximate surface area is 113 Å². The molecule has 0 saturated carbocycles. The van der Waals surface area contributed by atoms with Crippen LogP contribution >= 0.6 is 23.1 Å². The first kappa shape index (κ1) is 12.8. The zero-order valence-corrected chi connectivity index (χ0v) is 11.3. The second-order valence-corrected chi connectivity index (χ2v) is 5.77. The maximum Gasteiger partial charge on any atom is 0.227 e. The fourth-order valence-electron chi connectivity index (χ4n) is 1.28. The fraction of sp³-hybridized carbons (Fsp3) is 0.182. The number of hydrogen-bond acceptors (Lipinski definition) is 6. The lowest BCUT2D eigenvalue weighted by molar-refractivity contribution is -0.115. The van der Waals surface area contributed by atoms with Gasteiger partial charge < -0.3 is 11.1 Å². The molecule has 1 aromatic heterocycles. The van der Waals surface area contributed by atoms with Crippen LogP contribution < -0.4 is 11.1 Å². The average Bonchev–Trinajstić information content (AvgIpc) is 2.77. The van der Waals surface area contributed by atoms with E-state index in [0.717, 1.165) is 15.6 Å². The number of amides is 1. The summed E-state index contributed by atoms with van der Waals surface area (Å²) in [7, 11) is 0. The van der Waals surface area contributed by atoms with Gasteiger partial charge in [0.1, 0.15) is 0 Å².